The summed E-state index contributed by atoms with van der Waals surface area (Å²) in [4.78, 5) is 0. The highest BCUT2D eigenvalue weighted by Gasteiger charge is 2.36. The Morgan fingerprint density at radius 2 is 0.683 bits per heavy atom. The summed E-state index contributed by atoms with van der Waals surface area (Å²) in [6, 6.07) is 0. The number of hydrogen-bond donors (Lipinski definition) is 0. The van der Waals surface area contributed by atoms with Crippen LogP contribution in [0.2, 0.25) is 0 Å². The Morgan fingerprint density at radius 1 is 0.439 bits per heavy atom. The van der Waals surface area contributed by atoms with Gasteiger partial charge in [0.2, 0.25) is 0 Å². The maximum absolute atomic E-state index is 6.16. The highest BCUT2D eigenvalue weighted by molar-refractivity contribution is 8.08. The molecule has 0 spiro atoms. The van der Waals surface area contributed by atoms with E-state index in [4.69, 9.17) is 13.1 Å². The molecule has 2 rings (SSSR count). The van der Waals surface area contributed by atoms with Gasteiger partial charge < -0.3 is 9.47 Å². The molecule has 0 bridgehead atoms. The zero-order chi connectivity index (χ0) is 29.1. The van der Waals surface area contributed by atoms with Crippen molar-refractivity contribution in [2.45, 2.75) is 216 Å². The number of unbranched alkanes of at least 4 members (excludes halogenated alkanes) is 24. The molecule has 0 amide bonds. The molecule has 4 atom stereocenters. The summed E-state index contributed by atoms with van der Waals surface area (Å²) in [5, 5.41) is 1.01. The average molecular weight is 615 g/mol. The molecular weight excluding hydrogens is 545 g/mol. The maximum Gasteiger partial charge on any atom is 0.0950 e. The fraction of sp³-hybridized carbons (Fsp3) is 1.00. The molecule has 2 aliphatic rings. The van der Waals surface area contributed by atoms with Gasteiger partial charge in [-0.15, -0.1) is 0 Å². The quantitative estimate of drug-likeness (QED) is 0.0409. The molecule has 0 radical (unpaired) electrons. The van der Waals surface area contributed by atoms with Crippen LogP contribution in [-0.4, -0.2) is 35.9 Å². The standard InChI is InChI=1S/C36H70O3S2/c1-3-5-7-9-11-13-15-17-19-21-23-25-27-29-35(33-31-37-33)40-39-41-36(34-32-38-34)30-28-26-24-22-20-18-16-14-12-10-8-6-4-2/h33-36H,3-32H2,1-2H3. The third kappa shape index (κ3) is 23.6. The van der Waals surface area contributed by atoms with E-state index in [9.17, 15) is 0 Å². The topological polar surface area (TPSA) is 34.3 Å². The molecule has 0 N–H and O–H groups in total. The van der Waals surface area contributed by atoms with Crippen LogP contribution in [0.5, 0.6) is 0 Å². The van der Waals surface area contributed by atoms with E-state index in [0.29, 0.717) is 22.7 Å². The summed E-state index contributed by atoms with van der Waals surface area (Å²) in [6.07, 6.45) is 40.1. The zero-order valence-corrected chi connectivity index (χ0v) is 29.2. The second-order valence-corrected chi connectivity index (χ2v) is 15.3. The van der Waals surface area contributed by atoms with Crippen molar-refractivity contribution in [1.29, 1.82) is 0 Å². The van der Waals surface area contributed by atoms with Gasteiger partial charge in [-0.25, -0.2) is 3.63 Å². The minimum absolute atomic E-state index is 0.426. The molecular formula is C36H70O3S2. The smallest absolute Gasteiger partial charge is 0.0950 e. The Labute approximate surface area is 266 Å². The lowest BCUT2D eigenvalue weighted by Crippen LogP contribution is -2.14. The Balaban J connectivity index is 1.38. The van der Waals surface area contributed by atoms with E-state index in [0.717, 1.165) is 13.2 Å². The van der Waals surface area contributed by atoms with Crippen molar-refractivity contribution in [2.24, 2.45) is 0 Å². The van der Waals surface area contributed by atoms with Gasteiger partial charge in [0.05, 0.1) is 35.9 Å². The van der Waals surface area contributed by atoms with Crippen LogP contribution < -0.4 is 0 Å². The van der Waals surface area contributed by atoms with Gasteiger partial charge >= 0.3 is 0 Å². The lowest BCUT2D eigenvalue weighted by Gasteiger charge is -2.16. The first-order valence-electron chi connectivity index (χ1n) is 18.6. The van der Waals surface area contributed by atoms with Crippen molar-refractivity contribution in [3.63, 3.8) is 0 Å². The van der Waals surface area contributed by atoms with Crippen molar-refractivity contribution >= 4 is 24.1 Å². The summed E-state index contributed by atoms with van der Waals surface area (Å²) in [5.41, 5.74) is 0. The monoisotopic (exact) mass is 614 g/mol. The Morgan fingerprint density at radius 3 is 0.927 bits per heavy atom. The molecule has 2 saturated heterocycles. The molecule has 0 aliphatic carbocycles. The molecule has 5 heteroatoms. The van der Waals surface area contributed by atoms with Gasteiger partial charge in [-0.1, -0.05) is 181 Å². The number of epoxide rings is 2. The Hall–Kier alpha value is 0.580. The number of ether oxygens (including phenoxy) is 2. The van der Waals surface area contributed by atoms with E-state index in [-0.39, 0.29) is 0 Å². The lowest BCUT2D eigenvalue weighted by atomic mass is 10.0. The Kier molecular flexibility index (Phi) is 25.9. The van der Waals surface area contributed by atoms with Crippen LogP contribution in [0.1, 0.15) is 194 Å². The largest absolute Gasteiger partial charge is 0.372 e. The molecule has 244 valence electrons. The predicted molar refractivity (Wildman–Crippen MR) is 184 cm³/mol. The van der Waals surface area contributed by atoms with Crippen LogP contribution in [0, 0.1) is 0 Å². The minimum atomic E-state index is 0.426. The van der Waals surface area contributed by atoms with Crippen molar-refractivity contribution in [3.8, 4) is 0 Å². The first-order chi connectivity index (χ1) is 20.3. The molecule has 3 nitrogen and oxygen atoms in total. The first-order valence-corrected chi connectivity index (χ1v) is 20.2. The SMILES string of the molecule is CCCCCCCCCCCCCCCC(SOSC(CCCCCCCCCCCCCCC)C1CO1)C1CO1. The summed E-state index contributed by atoms with van der Waals surface area (Å²) < 4.78 is 17.5. The van der Waals surface area contributed by atoms with Crippen molar-refractivity contribution in [2.75, 3.05) is 13.2 Å². The summed E-state index contributed by atoms with van der Waals surface area (Å²) in [6.45, 7) is 6.46. The highest BCUT2D eigenvalue weighted by atomic mass is 32.2. The van der Waals surface area contributed by atoms with Crippen LogP contribution in [-0.2, 0) is 13.1 Å². The van der Waals surface area contributed by atoms with Crippen LogP contribution in [0.4, 0.5) is 0 Å². The third-order valence-electron chi connectivity index (χ3n) is 9.06. The van der Waals surface area contributed by atoms with Gasteiger partial charge in [-0.05, 0) is 12.8 Å². The second-order valence-electron chi connectivity index (χ2n) is 13.1. The molecule has 2 aliphatic heterocycles. The maximum atomic E-state index is 6.16. The predicted octanol–water partition coefficient (Wildman–Crippen LogP) is 12.8. The molecule has 41 heavy (non-hydrogen) atoms. The lowest BCUT2D eigenvalue weighted by molar-refractivity contribution is 0.387. The van der Waals surface area contributed by atoms with Crippen molar-refractivity contribution in [3.05, 3.63) is 0 Å². The van der Waals surface area contributed by atoms with Crippen molar-refractivity contribution < 1.29 is 13.1 Å². The average Bonchev–Trinajstić information content (AvgIpc) is 3.90. The first kappa shape index (κ1) is 37.8. The van der Waals surface area contributed by atoms with Gasteiger partial charge in [-0.2, -0.15) is 0 Å². The molecule has 2 fully saturated rings. The van der Waals surface area contributed by atoms with E-state index >= 15 is 0 Å². The summed E-state index contributed by atoms with van der Waals surface area (Å²) in [5.74, 6) is 0. The highest BCUT2D eigenvalue weighted by Crippen LogP contribution is 2.38. The molecule has 0 saturated carbocycles. The van der Waals surface area contributed by atoms with E-state index in [2.05, 4.69) is 13.8 Å². The number of hydrogen-bond acceptors (Lipinski definition) is 5. The van der Waals surface area contributed by atoms with Crippen LogP contribution in [0.25, 0.3) is 0 Å². The number of rotatable bonds is 34. The minimum Gasteiger partial charge on any atom is -0.372 e. The van der Waals surface area contributed by atoms with E-state index in [1.165, 1.54) is 180 Å². The van der Waals surface area contributed by atoms with Crippen molar-refractivity contribution in [1.82, 2.24) is 0 Å². The van der Waals surface area contributed by atoms with Gasteiger partial charge in [-0.3, -0.25) is 0 Å². The summed E-state index contributed by atoms with van der Waals surface area (Å²) >= 11 is 3.39. The normalized spacial score (nSPS) is 19.5. The van der Waals surface area contributed by atoms with E-state index < -0.39 is 0 Å². The van der Waals surface area contributed by atoms with Crippen LogP contribution in [0.15, 0.2) is 0 Å². The van der Waals surface area contributed by atoms with E-state index in [1.54, 1.807) is 24.1 Å². The Bertz CT molecular complexity index is 495. The fourth-order valence-electron chi connectivity index (χ4n) is 5.98. The van der Waals surface area contributed by atoms with Crippen LogP contribution >= 0.6 is 24.1 Å². The van der Waals surface area contributed by atoms with Gasteiger partial charge in [0, 0.05) is 24.1 Å². The van der Waals surface area contributed by atoms with Crippen LogP contribution in [0.3, 0.4) is 0 Å². The molecule has 0 aromatic heterocycles. The van der Waals surface area contributed by atoms with Gasteiger partial charge in [0.15, 0.2) is 0 Å². The van der Waals surface area contributed by atoms with Gasteiger partial charge in [0.1, 0.15) is 0 Å². The molecule has 4 unspecified atom stereocenters. The zero-order valence-electron chi connectivity index (χ0n) is 27.6. The molecule has 2 heterocycles. The molecule has 0 aromatic rings. The van der Waals surface area contributed by atoms with E-state index in [1.807, 2.05) is 0 Å². The third-order valence-corrected chi connectivity index (χ3v) is 11.3. The fourth-order valence-corrected chi connectivity index (χ4v) is 8.06. The molecule has 0 aromatic carbocycles. The van der Waals surface area contributed by atoms with Gasteiger partial charge in [0.25, 0.3) is 0 Å². The second kappa shape index (κ2) is 28.1. The summed E-state index contributed by atoms with van der Waals surface area (Å²) in [7, 11) is 0.